The van der Waals surface area contributed by atoms with Crippen molar-refractivity contribution in [2.24, 2.45) is 5.92 Å². The topological polar surface area (TPSA) is 69.6 Å². The van der Waals surface area contributed by atoms with Crippen molar-refractivity contribution in [3.63, 3.8) is 0 Å². The van der Waals surface area contributed by atoms with Crippen LogP contribution in [0.1, 0.15) is 13.8 Å². The Morgan fingerprint density at radius 2 is 1.82 bits per heavy atom. The Morgan fingerprint density at radius 3 is 2.35 bits per heavy atom. The Bertz CT molecular complexity index is 303. The van der Waals surface area contributed by atoms with Gasteiger partial charge in [0, 0.05) is 26.2 Å². The van der Waals surface area contributed by atoms with E-state index < -0.39 is 15.9 Å². The van der Waals surface area contributed by atoms with E-state index in [9.17, 15) is 13.5 Å². The molecule has 0 aromatic rings. The van der Waals surface area contributed by atoms with Crippen molar-refractivity contribution in [3.05, 3.63) is 0 Å². The standard InChI is InChI=1S/C11H24N2O3S/c1-10(2)7-12-8-11(14)9-13-3-5-17(15,16)6-4-13/h10-12,14H,3-9H2,1-2H3. The zero-order valence-electron chi connectivity index (χ0n) is 10.7. The van der Waals surface area contributed by atoms with E-state index in [1.54, 1.807) is 0 Å². The Morgan fingerprint density at radius 1 is 1.24 bits per heavy atom. The molecule has 1 atom stereocenters. The molecule has 1 rings (SSSR count). The van der Waals surface area contributed by atoms with Crippen molar-refractivity contribution < 1.29 is 13.5 Å². The van der Waals surface area contributed by atoms with Gasteiger partial charge in [0.2, 0.25) is 0 Å². The summed E-state index contributed by atoms with van der Waals surface area (Å²) in [7, 11) is -2.82. The van der Waals surface area contributed by atoms with Gasteiger partial charge in [0.1, 0.15) is 0 Å². The molecule has 0 spiro atoms. The van der Waals surface area contributed by atoms with Crippen LogP contribution < -0.4 is 5.32 Å². The van der Waals surface area contributed by atoms with E-state index in [2.05, 4.69) is 19.2 Å². The van der Waals surface area contributed by atoms with Crippen molar-refractivity contribution in [3.8, 4) is 0 Å². The molecule has 1 fully saturated rings. The van der Waals surface area contributed by atoms with Crippen molar-refractivity contribution in [2.45, 2.75) is 20.0 Å². The number of aliphatic hydroxyl groups excluding tert-OH is 1. The van der Waals surface area contributed by atoms with Gasteiger partial charge in [-0.3, -0.25) is 4.90 Å². The van der Waals surface area contributed by atoms with Crippen LogP contribution in [0.15, 0.2) is 0 Å². The molecule has 1 aliphatic heterocycles. The van der Waals surface area contributed by atoms with Crippen molar-refractivity contribution >= 4 is 9.84 Å². The average Bonchev–Trinajstić information content (AvgIpc) is 2.21. The number of nitrogens with zero attached hydrogens (tertiary/aromatic N) is 1. The molecule has 0 aliphatic carbocycles. The normalized spacial score (nSPS) is 22.8. The van der Waals surface area contributed by atoms with Crippen LogP contribution in [0.5, 0.6) is 0 Å². The number of nitrogens with one attached hydrogen (secondary N) is 1. The van der Waals surface area contributed by atoms with Gasteiger partial charge in [0.05, 0.1) is 17.6 Å². The van der Waals surface area contributed by atoms with Crippen LogP contribution in [0.4, 0.5) is 0 Å². The molecule has 1 heterocycles. The van der Waals surface area contributed by atoms with Crippen LogP contribution in [0.3, 0.4) is 0 Å². The van der Waals surface area contributed by atoms with Crippen LogP contribution >= 0.6 is 0 Å². The van der Waals surface area contributed by atoms with Crippen LogP contribution in [0.25, 0.3) is 0 Å². The Kier molecular flexibility index (Phi) is 5.85. The molecule has 0 radical (unpaired) electrons. The Labute approximate surface area is 104 Å². The third-order valence-corrected chi connectivity index (χ3v) is 4.45. The fourth-order valence-corrected chi connectivity index (χ4v) is 3.11. The number of hydrogen-bond acceptors (Lipinski definition) is 5. The first-order valence-electron chi connectivity index (χ1n) is 6.20. The molecule has 17 heavy (non-hydrogen) atoms. The molecule has 6 heteroatoms. The molecule has 5 nitrogen and oxygen atoms in total. The second-order valence-electron chi connectivity index (χ2n) is 5.16. The first-order chi connectivity index (χ1) is 7.89. The summed E-state index contributed by atoms with van der Waals surface area (Å²) in [6, 6.07) is 0. The molecule has 0 aromatic carbocycles. The zero-order valence-corrected chi connectivity index (χ0v) is 11.5. The third kappa shape index (κ3) is 6.35. The van der Waals surface area contributed by atoms with E-state index >= 15 is 0 Å². The van der Waals surface area contributed by atoms with E-state index in [1.807, 2.05) is 4.90 Å². The lowest BCUT2D eigenvalue weighted by atomic mass is 10.2. The van der Waals surface area contributed by atoms with E-state index in [0.717, 1.165) is 6.54 Å². The minimum absolute atomic E-state index is 0.221. The summed E-state index contributed by atoms with van der Waals surface area (Å²) >= 11 is 0. The maximum Gasteiger partial charge on any atom is 0.152 e. The van der Waals surface area contributed by atoms with Gasteiger partial charge in [-0.25, -0.2) is 8.42 Å². The van der Waals surface area contributed by atoms with Gasteiger partial charge in [-0.2, -0.15) is 0 Å². The average molecular weight is 264 g/mol. The fourth-order valence-electron chi connectivity index (χ4n) is 1.83. The second-order valence-corrected chi connectivity index (χ2v) is 7.46. The second kappa shape index (κ2) is 6.68. The predicted molar refractivity (Wildman–Crippen MR) is 68.8 cm³/mol. The van der Waals surface area contributed by atoms with Gasteiger partial charge >= 0.3 is 0 Å². The first kappa shape index (κ1) is 14.9. The summed E-state index contributed by atoms with van der Waals surface area (Å²) < 4.78 is 22.5. The quantitative estimate of drug-likeness (QED) is 0.665. The van der Waals surface area contributed by atoms with E-state index in [0.29, 0.717) is 32.1 Å². The molecule has 0 aromatic heterocycles. The minimum Gasteiger partial charge on any atom is -0.390 e. The summed E-state index contributed by atoms with van der Waals surface area (Å²) in [6.07, 6.45) is -0.422. The number of hydrogen-bond donors (Lipinski definition) is 2. The summed E-state index contributed by atoms with van der Waals surface area (Å²) in [5.74, 6) is 1.01. The van der Waals surface area contributed by atoms with E-state index in [1.165, 1.54) is 0 Å². The zero-order chi connectivity index (χ0) is 12.9. The molecule has 0 saturated carbocycles. The van der Waals surface area contributed by atoms with Crippen LogP contribution in [-0.2, 0) is 9.84 Å². The molecule has 102 valence electrons. The highest BCUT2D eigenvalue weighted by Crippen LogP contribution is 2.04. The molecule has 1 saturated heterocycles. The predicted octanol–water partition coefficient (Wildman–Crippen LogP) is -0.677. The Balaban J connectivity index is 2.17. The molecule has 1 unspecified atom stereocenters. The first-order valence-corrected chi connectivity index (χ1v) is 8.03. The van der Waals surface area contributed by atoms with E-state index in [-0.39, 0.29) is 11.5 Å². The van der Waals surface area contributed by atoms with Gasteiger partial charge < -0.3 is 10.4 Å². The molecular formula is C11H24N2O3S. The molecule has 0 bridgehead atoms. The molecule has 2 N–H and O–H groups in total. The summed E-state index contributed by atoms with van der Waals surface area (Å²) in [4.78, 5) is 2.02. The van der Waals surface area contributed by atoms with Gasteiger partial charge in [0.15, 0.2) is 9.84 Å². The lowest BCUT2D eigenvalue weighted by molar-refractivity contribution is 0.115. The number of sulfone groups is 1. The van der Waals surface area contributed by atoms with E-state index in [4.69, 9.17) is 0 Å². The molecular weight excluding hydrogens is 240 g/mol. The SMILES string of the molecule is CC(C)CNCC(O)CN1CCS(=O)(=O)CC1. The van der Waals surface area contributed by atoms with Crippen molar-refractivity contribution in [2.75, 3.05) is 44.2 Å². The lowest BCUT2D eigenvalue weighted by Crippen LogP contribution is -2.46. The summed E-state index contributed by atoms with van der Waals surface area (Å²) in [5, 5.41) is 13.0. The number of β-amino-alcohol motifs (C(OH)–C–C–N with tert-alkyl or cyclic N) is 1. The largest absolute Gasteiger partial charge is 0.390 e. The van der Waals surface area contributed by atoms with Gasteiger partial charge in [-0.1, -0.05) is 13.8 Å². The highest BCUT2D eigenvalue weighted by Gasteiger charge is 2.22. The summed E-state index contributed by atoms with van der Waals surface area (Å²) in [5.41, 5.74) is 0. The van der Waals surface area contributed by atoms with Gasteiger partial charge in [-0.05, 0) is 12.5 Å². The van der Waals surface area contributed by atoms with Gasteiger partial charge in [-0.15, -0.1) is 0 Å². The summed E-state index contributed by atoms with van der Waals surface area (Å²) in [6.45, 7) is 7.35. The third-order valence-electron chi connectivity index (χ3n) is 2.84. The van der Waals surface area contributed by atoms with Crippen LogP contribution in [0.2, 0.25) is 0 Å². The maximum absolute atomic E-state index is 11.2. The molecule has 1 aliphatic rings. The lowest BCUT2D eigenvalue weighted by Gasteiger charge is -2.28. The number of aliphatic hydroxyl groups is 1. The fraction of sp³-hybridized carbons (Fsp3) is 1.00. The minimum atomic E-state index is -2.82. The molecule has 0 amide bonds. The monoisotopic (exact) mass is 264 g/mol. The van der Waals surface area contributed by atoms with Crippen molar-refractivity contribution in [1.82, 2.24) is 10.2 Å². The smallest absolute Gasteiger partial charge is 0.152 e. The van der Waals surface area contributed by atoms with Crippen molar-refractivity contribution in [1.29, 1.82) is 0 Å². The highest BCUT2D eigenvalue weighted by molar-refractivity contribution is 7.91. The number of rotatable bonds is 6. The highest BCUT2D eigenvalue weighted by atomic mass is 32.2. The Hall–Kier alpha value is -0.170. The maximum atomic E-state index is 11.2. The van der Waals surface area contributed by atoms with Gasteiger partial charge in [0.25, 0.3) is 0 Å². The van der Waals surface area contributed by atoms with Crippen LogP contribution in [-0.4, -0.2) is 68.8 Å². The van der Waals surface area contributed by atoms with Crippen LogP contribution in [0, 0.1) is 5.92 Å².